The fourth-order valence-corrected chi connectivity index (χ4v) is 1.69. The van der Waals surface area contributed by atoms with Crippen molar-refractivity contribution in [3.63, 3.8) is 0 Å². The molecule has 0 spiro atoms. The molecule has 2 heteroatoms. The number of hydrogen-bond acceptors (Lipinski definition) is 2. The lowest BCUT2D eigenvalue weighted by Gasteiger charge is -2.17. The summed E-state index contributed by atoms with van der Waals surface area (Å²) in [6.45, 7) is 2.91. The second-order valence-electron chi connectivity index (χ2n) is 3.63. The highest BCUT2D eigenvalue weighted by molar-refractivity contribution is 5.16. The summed E-state index contributed by atoms with van der Waals surface area (Å²) in [7, 11) is 0. The fraction of sp³-hybridized carbons (Fsp3) is 0.500. The highest BCUT2D eigenvalue weighted by Gasteiger charge is 2.19. The average Bonchev–Trinajstić information content (AvgIpc) is 2.72. The zero-order valence-corrected chi connectivity index (χ0v) is 8.48. The van der Waals surface area contributed by atoms with Crippen LogP contribution in [0.4, 0.5) is 0 Å². The fourth-order valence-electron chi connectivity index (χ4n) is 1.69. The van der Waals surface area contributed by atoms with Gasteiger partial charge in [-0.05, 0) is 18.9 Å². The minimum absolute atomic E-state index is 0.00482. The quantitative estimate of drug-likeness (QED) is 0.733. The largest absolute Gasteiger partial charge is 0.353 e. The van der Waals surface area contributed by atoms with Crippen molar-refractivity contribution in [1.29, 1.82) is 0 Å². The van der Waals surface area contributed by atoms with E-state index in [1.807, 2.05) is 18.2 Å². The summed E-state index contributed by atoms with van der Waals surface area (Å²) in [5.41, 5.74) is 1.21. The molecule has 1 heterocycles. The van der Waals surface area contributed by atoms with Crippen LogP contribution in [0.25, 0.3) is 0 Å². The van der Waals surface area contributed by atoms with Crippen LogP contribution in [0.15, 0.2) is 30.3 Å². The summed E-state index contributed by atoms with van der Waals surface area (Å²) < 4.78 is 11.2. The molecule has 0 saturated carbocycles. The zero-order chi connectivity index (χ0) is 9.80. The molecular weight excluding hydrogens is 176 g/mol. The van der Waals surface area contributed by atoms with E-state index >= 15 is 0 Å². The van der Waals surface area contributed by atoms with Crippen LogP contribution < -0.4 is 0 Å². The van der Waals surface area contributed by atoms with Crippen LogP contribution >= 0.6 is 0 Å². The van der Waals surface area contributed by atoms with Gasteiger partial charge in [0, 0.05) is 13.0 Å². The summed E-state index contributed by atoms with van der Waals surface area (Å²) in [5, 5.41) is 0. The maximum Gasteiger partial charge on any atom is 0.158 e. The van der Waals surface area contributed by atoms with Crippen LogP contribution in [0.1, 0.15) is 31.4 Å². The van der Waals surface area contributed by atoms with E-state index in [0.29, 0.717) is 0 Å². The molecule has 0 bridgehead atoms. The third kappa shape index (κ3) is 2.34. The first-order chi connectivity index (χ1) is 6.86. The van der Waals surface area contributed by atoms with E-state index in [2.05, 4.69) is 19.1 Å². The molecule has 1 aromatic rings. The van der Waals surface area contributed by atoms with Gasteiger partial charge in [0.2, 0.25) is 0 Å². The first-order valence-electron chi connectivity index (χ1n) is 5.18. The van der Waals surface area contributed by atoms with Crippen LogP contribution in [0.5, 0.6) is 0 Å². The van der Waals surface area contributed by atoms with E-state index < -0.39 is 0 Å². The summed E-state index contributed by atoms with van der Waals surface area (Å²) >= 11 is 0. The van der Waals surface area contributed by atoms with Gasteiger partial charge in [0.25, 0.3) is 0 Å². The van der Waals surface area contributed by atoms with Crippen LogP contribution in [0.3, 0.4) is 0 Å². The maximum absolute atomic E-state index is 5.78. The van der Waals surface area contributed by atoms with E-state index in [0.717, 1.165) is 19.4 Å². The summed E-state index contributed by atoms with van der Waals surface area (Å²) in [4.78, 5) is 0. The molecule has 1 unspecified atom stereocenters. The Morgan fingerprint density at radius 3 is 2.79 bits per heavy atom. The van der Waals surface area contributed by atoms with Gasteiger partial charge in [0.15, 0.2) is 6.29 Å². The van der Waals surface area contributed by atoms with Gasteiger partial charge in [0.05, 0.1) is 6.10 Å². The molecule has 1 aliphatic heterocycles. The van der Waals surface area contributed by atoms with Crippen molar-refractivity contribution >= 4 is 0 Å². The lowest BCUT2D eigenvalue weighted by molar-refractivity contribution is -0.140. The SMILES string of the molecule is C[C@@H](OC1CCCO1)c1ccccc1. The van der Waals surface area contributed by atoms with Gasteiger partial charge in [-0.15, -0.1) is 0 Å². The van der Waals surface area contributed by atoms with Crippen molar-refractivity contribution in [1.82, 2.24) is 0 Å². The van der Waals surface area contributed by atoms with Gasteiger partial charge < -0.3 is 9.47 Å². The number of hydrogen-bond donors (Lipinski definition) is 0. The minimum atomic E-state index is 0.00482. The molecule has 0 aliphatic carbocycles. The van der Waals surface area contributed by atoms with Crippen LogP contribution in [-0.4, -0.2) is 12.9 Å². The molecule has 1 fully saturated rings. The molecule has 2 rings (SSSR count). The Hall–Kier alpha value is -0.860. The van der Waals surface area contributed by atoms with E-state index in [1.54, 1.807) is 0 Å². The van der Waals surface area contributed by atoms with Crippen molar-refractivity contribution in [2.75, 3.05) is 6.61 Å². The predicted octanol–water partition coefficient (Wildman–Crippen LogP) is 2.90. The standard InChI is InChI=1S/C12H16O2/c1-10(11-6-3-2-4-7-11)14-12-8-5-9-13-12/h2-4,6-7,10,12H,5,8-9H2,1H3/t10-,12?/m1/s1. The smallest absolute Gasteiger partial charge is 0.158 e. The number of rotatable bonds is 3. The Balaban J connectivity index is 1.92. The van der Waals surface area contributed by atoms with Crippen LogP contribution in [-0.2, 0) is 9.47 Å². The summed E-state index contributed by atoms with van der Waals surface area (Å²) in [6, 6.07) is 10.2. The summed E-state index contributed by atoms with van der Waals surface area (Å²) in [5.74, 6) is 0. The van der Waals surface area contributed by atoms with Crippen molar-refractivity contribution in [3.05, 3.63) is 35.9 Å². The Morgan fingerprint density at radius 2 is 2.14 bits per heavy atom. The maximum atomic E-state index is 5.78. The highest BCUT2D eigenvalue weighted by Crippen LogP contribution is 2.23. The van der Waals surface area contributed by atoms with Crippen molar-refractivity contribution in [2.45, 2.75) is 32.2 Å². The molecule has 0 radical (unpaired) electrons. The van der Waals surface area contributed by atoms with Crippen molar-refractivity contribution in [3.8, 4) is 0 Å². The highest BCUT2D eigenvalue weighted by atomic mass is 16.7. The number of ether oxygens (including phenoxy) is 2. The van der Waals surface area contributed by atoms with E-state index in [9.17, 15) is 0 Å². The molecule has 1 aliphatic rings. The third-order valence-electron chi connectivity index (χ3n) is 2.51. The second-order valence-corrected chi connectivity index (χ2v) is 3.63. The predicted molar refractivity (Wildman–Crippen MR) is 54.9 cm³/mol. The van der Waals surface area contributed by atoms with E-state index in [1.165, 1.54) is 5.56 Å². The molecule has 0 aromatic heterocycles. The van der Waals surface area contributed by atoms with E-state index in [-0.39, 0.29) is 12.4 Å². The molecule has 1 aromatic carbocycles. The molecule has 14 heavy (non-hydrogen) atoms. The second kappa shape index (κ2) is 4.58. The lowest BCUT2D eigenvalue weighted by atomic mass is 10.1. The average molecular weight is 192 g/mol. The van der Waals surface area contributed by atoms with Gasteiger partial charge in [-0.1, -0.05) is 30.3 Å². The number of benzene rings is 1. The third-order valence-corrected chi connectivity index (χ3v) is 2.51. The van der Waals surface area contributed by atoms with Gasteiger partial charge in [0.1, 0.15) is 0 Å². The first-order valence-corrected chi connectivity index (χ1v) is 5.18. The molecule has 0 N–H and O–H groups in total. The lowest BCUT2D eigenvalue weighted by Crippen LogP contribution is -2.13. The Kier molecular flexibility index (Phi) is 3.17. The molecular formula is C12H16O2. The van der Waals surface area contributed by atoms with Gasteiger partial charge >= 0.3 is 0 Å². The Morgan fingerprint density at radius 1 is 1.36 bits per heavy atom. The normalized spacial score (nSPS) is 23.6. The molecule has 76 valence electrons. The van der Waals surface area contributed by atoms with Crippen molar-refractivity contribution in [2.24, 2.45) is 0 Å². The minimum Gasteiger partial charge on any atom is -0.353 e. The molecule has 0 amide bonds. The summed E-state index contributed by atoms with van der Waals surface area (Å²) in [6.07, 6.45) is 2.27. The Labute approximate surface area is 84.8 Å². The van der Waals surface area contributed by atoms with E-state index in [4.69, 9.17) is 9.47 Å². The Bertz CT molecular complexity index is 265. The molecule has 2 nitrogen and oxygen atoms in total. The molecule has 2 atom stereocenters. The van der Waals surface area contributed by atoms with Gasteiger partial charge in [-0.2, -0.15) is 0 Å². The first kappa shape index (κ1) is 9.69. The monoisotopic (exact) mass is 192 g/mol. The van der Waals surface area contributed by atoms with Crippen LogP contribution in [0, 0.1) is 0 Å². The van der Waals surface area contributed by atoms with Gasteiger partial charge in [-0.3, -0.25) is 0 Å². The molecule has 1 saturated heterocycles. The van der Waals surface area contributed by atoms with Crippen LogP contribution in [0.2, 0.25) is 0 Å². The van der Waals surface area contributed by atoms with Gasteiger partial charge in [-0.25, -0.2) is 0 Å². The topological polar surface area (TPSA) is 18.5 Å². The van der Waals surface area contributed by atoms with Crippen molar-refractivity contribution < 1.29 is 9.47 Å². The zero-order valence-electron chi connectivity index (χ0n) is 8.48.